The molecule has 0 N–H and O–H groups in total. The van der Waals surface area contributed by atoms with Crippen LogP contribution in [-0.4, -0.2) is 15.0 Å². The van der Waals surface area contributed by atoms with E-state index in [9.17, 15) is 0 Å². The zero-order valence-electron chi connectivity index (χ0n) is 26.0. The molecule has 0 spiro atoms. The van der Waals surface area contributed by atoms with Crippen molar-refractivity contribution in [3.63, 3.8) is 0 Å². The van der Waals surface area contributed by atoms with Crippen molar-refractivity contribution in [2.75, 3.05) is 0 Å². The molecule has 46 heavy (non-hydrogen) atoms. The lowest BCUT2D eigenvalue weighted by atomic mass is 9.96. The highest BCUT2D eigenvalue weighted by Gasteiger charge is 2.15. The minimum absolute atomic E-state index is 0.640. The van der Waals surface area contributed by atoms with Crippen LogP contribution in [0.5, 0.6) is 0 Å². The van der Waals surface area contributed by atoms with Crippen LogP contribution in [0, 0.1) is 20.8 Å². The number of hydrogen-bond donors (Lipinski definition) is 0. The molecule has 2 heterocycles. The van der Waals surface area contributed by atoms with E-state index in [0.717, 1.165) is 60.9 Å². The van der Waals surface area contributed by atoms with E-state index in [-0.39, 0.29) is 0 Å². The third-order valence-electron chi connectivity index (χ3n) is 8.54. The third kappa shape index (κ3) is 5.14. The number of aromatic nitrogens is 3. The summed E-state index contributed by atoms with van der Waals surface area (Å²) in [5.41, 5.74) is 12.6. The maximum Gasteiger partial charge on any atom is 0.164 e. The molecule has 0 fully saturated rings. The van der Waals surface area contributed by atoms with E-state index in [1.54, 1.807) is 0 Å². The minimum Gasteiger partial charge on any atom is -0.455 e. The third-order valence-corrected chi connectivity index (χ3v) is 8.54. The van der Waals surface area contributed by atoms with Gasteiger partial charge in [-0.3, -0.25) is 0 Å². The second kappa shape index (κ2) is 11.2. The summed E-state index contributed by atoms with van der Waals surface area (Å²) in [4.78, 5) is 14.8. The van der Waals surface area contributed by atoms with E-state index in [1.807, 2.05) is 0 Å². The molecule has 0 atom stereocenters. The zero-order chi connectivity index (χ0) is 31.2. The quantitative estimate of drug-likeness (QED) is 0.199. The lowest BCUT2D eigenvalue weighted by molar-refractivity contribution is 0.669. The summed E-state index contributed by atoms with van der Waals surface area (Å²) in [5, 5.41) is 2.27. The number of fused-ring (bicyclic) bond motifs is 3. The SMILES string of the molecule is Cc1ccc(-c2nc(-c3ccc(C)cc3)nc(-c3cccc(-c4cccc(-c5cccc6c5oc5cc(C)ccc56)c4)c3)n2)cc1. The monoisotopic (exact) mass is 593 g/mol. The topological polar surface area (TPSA) is 51.8 Å². The fraction of sp³-hybridized carbons (Fsp3) is 0.0714. The molecule has 0 saturated carbocycles. The van der Waals surface area contributed by atoms with Gasteiger partial charge in [-0.1, -0.05) is 126 Å². The summed E-state index contributed by atoms with van der Waals surface area (Å²) >= 11 is 0. The molecule has 0 aliphatic heterocycles. The largest absolute Gasteiger partial charge is 0.455 e. The first-order valence-corrected chi connectivity index (χ1v) is 15.5. The number of nitrogens with zero attached hydrogens (tertiary/aromatic N) is 3. The van der Waals surface area contributed by atoms with Gasteiger partial charge < -0.3 is 4.42 Å². The Kier molecular flexibility index (Phi) is 6.76. The Morgan fingerprint density at radius 2 is 0.891 bits per heavy atom. The predicted octanol–water partition coefficient (Wildman–Crippen LogP) is 11.0. The van der Waals surface area contributed by atoms with E-state index in [0.29, 0.717) is 17.5 Å². The lowest BCUT2D eigenvalue weighted by Crippen LogP contribution is -2.00. The second-order valence-corrected chi connectivity index (χ2v) is 12.0. The van der Waals surface area contributed by atoms with Crippen molar-refractivity contribution in [1.29, 1.82) is 0 Å². The van der Waals surface area contributed by atoms with Gasteiger partial charge in [0.05, 0.1) is 0 Å². The summed E-state index contributed by atoms with van der Waals surface area (Å²) in [5.74, 6) is 1.95. The van der Waals surface area contributed by atoms with Crippen LogP contribution in [0.4, 0.5) is 0 Å². The molecule has 0 aliphatic rings. The van der Waals surface area contributed by atoms with E-state index in [1.165, 1.54) is 16.7 Å². The van der Waals surface area contributed by atoms with Gasteiger partial charge in [0.25, 0.3) is 0 Å². The zero-order valence-corrected chi connectivity index (χ0v) is 26.0. The van der Waals surface area contributed by atoms with E-state index >= 15 is 0 Å². The van der Waals surface area contributed by atoms with Gasteiger partial charge in [-0.2, -0.15) is 0 Å². The highest BCUT2D eigenvalue weighted by atomic mass is 16.3. The van der Waals surface area contributed by atoms with Crippen molar-refractivity contribution in [1.82, 2.24) is 15.0 Å². The average Bonchev–Trinajstić information content (AvgIpc) is 3.46. The lowest BCUT2D eigenvalue weighted by Gasteiger charge is -2.11. The minimum atomic E-state index is 0.640. The van der Waals surface area contributed by atoms with Gasteiger partial charge >= 0.3 is 0 Å². The van der Waals surface area contributed by atoms with Gasteiger partial charge in [0.1, 0.15) is 11.2 Å². The second-order valence-electron chi connectivity index (χ2n) is 12.0. The van der Waals surface area contributed by atoms with Crippen molar-refractivity contribution in [2.45, 2.75) is 20.8 Å². The average molecular weight is 594 g/mol. The van der Waals surface area contributed by atoms with E-state index < -0.39 is 0 Å². The smallest absolute Gasteiger partial charge is 0.164 e. The molecular weight excluding hydrogens is 562 g/mol. The number of rotatable bonds is 5. The molecule has 8 rings (SSSR count). The Morgan fingerprint density at radius 3 is 1.52 bits per heavy atom. The van der Waals surface area contributed by atoms with Crippen LogP contribution < -0.4 is 0 Å². The van der Waals surface area contributed by atoms with E-state index in [4.69, 9.17) is 19.4 Å². The molecular formula is C42H31N3O. The molecule has 0 bridgehead atoms. The summed E-state index contributed by atoms with van der Waals surface area (Å²) in [6.45, 7) is 6.26. The standard InChI is InChI=1S/C42H31N3O/c1-26-13-18-29(19-14-26)40-43-41(30-20-15-27(2)16-21-30)45-42(44-40)34-10-5-8-32(25-34)31-7-4-9-33(24-31)35-11-6-12-37-36-22-17-28(3)23-38(36)46-39(35)37/h4-25H,1-3H3. The number of benzene rings is 6. The predicted molar refractivity (Wildman–Crippen MR) is 188 cm³/mol. The van der Waals surface area contributed by atoms with Crippen molar-refractivity contribution in [2.24, 2.45) is 0 Å². The Morgan fingerprint density at radius 1 is 0.391 bits per heavy atom. The van der Waals surface area contributed by atoms with Crippen molar-refractivity contribution >= 4 is 21.9 Å². The van der Waals surface area contributed by atoms with Crippen molar-refractivity contribution in [3.8, 4) is 56.4 Å². The van der Waals surface area contributed by atoms with Gasteiger partial charge in [-0.05, 0) is 61.2 Å². The van der Waals surface area contributed by atoms with Crippen LogP contribution in [0.25, 0.3) is 78.4 Å². The highest BCUT2D eigenvalue weighted by Crippen LogP contribution is 2.37. The van der Waals surface area contributed by atoms with Crippen molar-refractivity contribution < 1.29 is 4.42 Å². The molecule has 8 aromatic rings. The first kappa shape index (κ1) is 27.7. The first-order chi connectivity index (χ1) is 22.5. The van der Waals surface area contributed by atoms with Crippen LogP contribution in [0.15, 0.2) is 138 Å². The Bertz CT molecular complexity index is 2320. The molecule has 0 aliphatic carbocycles. The molecule has 0 unspecified atom stereocenters. The maximum absolute atomic E-state index is 6.43. The fourth-order valence-corrected chi connectivity index (χ4v) is 6.01. The Labute approximate surface area is 268 Å². The Hall–Kier alpha value is -5.87. The summed E-state index contributed by atoms with van der Waals surface area (Å²) in [7, 11) is 0. The number of para-hydroxylation sites is 1. The molecule has 220 valence electrons. The first-order valence-electron chi connectivity index (χ1n) is 15.5. The number of hydrogen-bond acceptors (Lipinski definition) is 4. The normalized spacial score (nSPS) is 11.4. The van der Waals surface area contributed by atoms with Gasteiger partial charge in [0.2, 0.25) is 0 Å². The van der Waals surface area contributed by atoms with Crippen LogP contribution >= 0.6 is 0 Å². The highest BCUT2D eigenvalue weighted by molar-refractivity contribution is 6.09. The van der Waals surface area contributed by atoms with Gasteiger partial charge in [-0.25, -0.2) is 15.0 Å². The van der Waals surface area contributed by atoms with Crippen LogP contribution in [0.2, 0.25) is 0 Å². The Balaban J connectivity index is 1.22. The summed E-state index contributed by atoms with van der Waals surface area (Å²) in [6.07, 6.45) is 0. The summed E-state index contributed by atoms with van der Waals surface area (Å²) in [6, 6.07) is 46.5. The molecule has 0 amide bonds. The van der Waals surface area contributed by atoms with Crippen LogP contribution in [0.3, 0.4) is 0 Å². The molecule has 4 nitrogen and oxygen atoms in total. The van der Waals surface area contributed by atoms with Crippen molar-refractivity contribution in [3.05, 3.63) is 150 Å². The van der Waals surface area contributed by atoms with Crippen LogP contribution in [-0.2, 0) is 0 Å². The molecule has 0 saturated heterocycles. The molecule has 2 aromatic heterocycles. The summed E-state index contributed by atoms with van der Waals surface area (Å²) < 4.78 is 6.43. The molecule has 6 aromatic carbocycles. The number of furan rings is 1. The van der Waals surface area contributed by atoms with Gasteiger partial charge in [0, 0.05) is 33.0 Å². The molecule has 4 heteroatoms. The fourth-order valence-electron chi connectivity index (χ4n) is 6.01. The number of aryl methyl sites for hydroxylation is 3. The van der Waals surface area contributed by atoms with Gasteiger partial charge in [-0.15, -0.1) is 0 Å². The van der Waals surface area contributed by atoms with Crippen LogP contribution in [0.1, 0.15) is 16.7 Å². The van der Waals surface area contributed by atoms with Gasteiger partial charge in [0.15, 0.2) is 17.5 Å². The maximum atomic E-state index is 6.43. The van der Waals surface area contributed by atoms with E-state index in [2.05, 4.69) is 154 Å². The molecule has 0 radical (unpaired) electrons.